The maximum Gasteiger partial charge on any atom is 0.395 e. The van der Waals surface area contributed by atoms with Gasteiger partial charge in [0.15, 0.2) is 0 Å². The third-order valence-electron chi connectivity index (χ3n) is 1.17. The molecule has 7 heteroatoms. The normalized spacial score (nSPS) is 10.6. The summed E-state index contributed by atoms with van der Waals surface area (Å²) in [6.07, 6.45) is 2.50. The molecule has 0 saturated heterocycles. The van der Waals surface area contributed by atoms with Gasteiger partial charge in [0.1, 0.15) is 0 Å². The Morgan fingerprint density at radius 3 is 3.09 bits per heavy atom. The number of halogens is 1. The predicted octanol–water partition coefficient (Wildman–Crippen LogP) is -0.981. The first-order valence-electron chi connectivity index (χ1n) is 2.74. The van der Waals surface area contributed by atoms with Crippen LogP contribution < -0.4 is 5.69 Å². The molecule has 2 rings (SSSR count). The SMILES string of the molecule is O=c1nc2nnccn2n1F. The molecule has 0 amide bonds. The van der Waals surface area contributed by atoms with Crippen LogP contribution in [0, 0.1) is 0 Å². The van der Waals surface area contributed by atoms with Crippen LogP contribution in [0.2, 0.25) is 0 Å². The van der Waals surface area contributed by atoms with E-state index in [1.165, 1.54) is 12.4 Å². The Balaban J connectivity index is 3.04. The first-order valence-corrected chi connectivity index (χ1v) is 2.74. The first kappa shape index (κ1) is 5.96. The van der Waals surface area contributed by atoms with Crippen molar-refractivity contribution in [3.8, 4) is 0 Å². The number of hydrogen-bond donors (Lipinski definition) is 0. The highest BCUT2D eigenvalue weighted by Gasteiger charge is 2.04. The van der Waals surface area contributed by atoms with Crippen LogP contribution in [-0.2, 0) is 0 Å². The standard InChI is InChI=1S/C4H2FN5O/c5-10-4(11)7-3-8-6-1-2-9(3)10/h1-2H. The molecule has 2 heterocycles. The first-order chi connectivity index (χ1) is 5.29. The lowest BCUT2D eigenvalue weighted by molar-refractivity contribution is 0.282. The second-order valence-corrected chi connectivity index (χ2v) is 1.81. The summed E-state index contributed by atoms with van der Waals surface area (Å²) in [5.74, 6) is -0.0556. The van der Waals surface area contributed by atoms with Crippen molar-refractivity contribution in [2.75, 3.05) is 0 Å². The smallest absolute Gasteiger partial charge is 0.241 e. The van der Waals surface area contributed by atoms with Crippen LogP contribution in [0.3, 0.4) is 0 Å². The molecule has 0 fully saturated rings. The lowest BCUT2D eigenvalue weighted by Gasteiger charge is -1.87. The zero-order valence-corrected chi connectivity index (χ0v) is 5.18. The van der Waals surface area contributed by atoms with E-state index < -0.39 is 5.69 Å². The lowest BCUT2D eigenvalue weighted by Crippen LogP contribution is -2.12. The monoisotopic (exact) mass is 155 g/mol. The average molecular weight is 155 g/mol. The fourth-order valence-corrected chi connectivity index (χ4v) is 0.720. The van der Waals surface area contributed by atoms with Gasteiger partial charge in [-0.2, -0.15) is 9.61 Å². The van der Waals surface area contributed by atoms with Crippen LogP contribution in [0.25, 0.3) is 5.78 Å². The molecule has 0 radical (unpaired) electrons. The molecule has 0 aliphatic rings. The summed E-state index contributed by atoms with van der Waals surface area (Å²) < 4.78 is 13.5. The Morgan fingerprint density at radius 2 is 2.36 bits per heavy atom. The minimum Gasteiger partial charge on any atom is -0.241 e. The van der Waals surface area contributed by atoms with Crippen LogP contribution in [0.15, 0.2) is 17.2 Å². The second-order valence-electron chi connectivity index (χ2n) is 1.81. The third kappa shape index (κ3) is 0.704. The van der Waals surface area contributed by atoms with E-state index in [-0.39, 0.29) is 10.7 Å². The zero-order valence-electron chi connectivity index (χ0n) is 5.18. The van der Waals surface area contributed by atoms with Crippen LogP contribution in [-0.4, -0.2) is 24.6 Å². The molecule has 0 spiro atoms. The molecule has 0 aliphatic carbocycles. The zero-order chi connectivity index (χ0) is 7.84. The van der Waals surface area contributed by atoms with E-state index in [4.69, 9.17) is 0 Å². The lowest BCUT2D eigenvalue weighted by atomic mass is 10.9. The molecule has 0 saturated carbocycles. The van der Waals surface area contributed by atoms with Crippen molar-refractivity contribution in [2.45, 2.75) is 0 Å². The molecule has 0 N–H and O–H groups in total. The van der Waals surface area contributed by atoms with Crippen molar-refractivity contribution in [1.29, 1.82) is 0 Å². The number of hydrogen-bond acceptors (Lipinski definition) is 4. The maximum absolute atomic E-state index is 12.6. The summed E-state index contributed by atoms with van der Waals surface area (Å²) >= 11 is 0. The molecular formula is C4H2FN5O. The van der Waals surface area contributed by atoms with Crippen LogP contribution >= 0.6 is 0 Å². The summed E-state index contributed by atoms with van der Waals surface area (Å²) in [6, 6.07) is 0. The molecule has 0 unspecified atom stereocenters. The fraction of sp³-hybridized carbons (Fsp3) is 0. The van der Waals surface area contributed by atoms with Crippen LogP contribution in [0.5, 0.6) is 0 Å². The summed E-state index contributed by atoms with van der Waals surface area (Å²) in [7, 11) is 0. The Hall–Kier alpha value is -1.79. The van der Waals surface area contributed by atoms with E-state index in [0.29, 0.717) is 0 Å². The Bertz CT molecular complexity index is 445. The van der Waals surface area contributed by atoms with Gasteiger partial charge in [0.05, 0.1) is 12.4 Å². The molecule has 2 aromatic rings. The Kier molecular flexibility index (Phi) is 0.999. The number of aromatic nitrogens is 5. The van der Waals surface area contributed by atoms with Gasteiger partial charge in [-0.05, 0) is 4.90 Å². The molecule has 0 aliphatic heterocycles. The number of rotatable bonds is 0. The van der Waals surface area contributed by atoms with Gasteiger partial charge in [-0.1, -0.05) is 4.48 Å². The van der Waals surface area contributed by atoms with Crippen molar-refractivity contribution in [2.24, 2.45) is 0 Å². The number of fused-ring (bicyclic) bond motifs is 1. The molecule has 6 nitrogen and oxygen atoms in total. The van der Waals surface area contributed by atoms with Crippen molar-refractivity contribution in [3.63, 3.8) is 0 Å². The summed E-state index contributed by atoms with van der Waals surface area (Å²) in [4.78, 5) is 13.6. The van der Waals surface area contributed by atoms with Gasteiger partial charge < -0.3 is 0 Å². The average Bonchev–Trinajstić information content (AvgIpc) is 2.30. The molecule has 0 bridgehead atoms. The highest BCUT2D eigenvalue weighted by molar-refractivity contribution is 5.20. The van der Waals surface area contributed by atoms with E-state index in [1.54, 1.807) is 0 Å². The van der Waals surface area contributed by atoms with Crippen LogP contribution in [0.4, 0.5) is 4.48 Å². The van der Waals surface area contributed by atoms with Gasteiger partial charge in [-0.15, -0.1) is 10.1 Å². The molecular weight excluding hydrogens is 153 g/mol. The van der Waals surface area contributed by atoms with Gasteiger partial charge in [-0.3, -0.25) is 0 Å². The van der Waals surface area contributed by atoms with E-state index in [9.17, 15) is 9.28 Å². The topological polar surface area (TPSA) is 65.1 Å². The quantitative estimate of drug-likeness (QED) is 0.490. The van der Waals surface area contributed by atoms with Crippen molar-refractivity contribution in [3.05, 3.63) is 22.9 Å². The highest BCUT2D eigenvalue weighted by Crippen LogP contribution is 1.87. The van der Waals surface area contributed by atoms with E-state index in [0.717, 1.165) is 4.52 Å². The molecule has 56 valence electrons. The molecule has 0 aromatic carbocycles. The predicted molar refractivity (Wildman–Crippen MR) is 31.5 cm³/mol. The molecule has 2 aromatic heterocycles. The van der Waals surface area contributed by atoms with Gasteiger partial charge in [0, 0.05) is 0 Å². The Morgan fingerprint density at radius 1 is 1.55 bits per heavy atom. The Labute approximate surface area is 58.8 Å². The summed E-state index contributed by atoms with van der Waals surface area (Å²) in [6.45, 7) is 0. The molecule has 0 atom stereocenters. The highest BCUT2D eigenvalue weighted by atomic mass is 19.2. The maximum atomic E-state index is 12.6. The van der Waals surface area contributed by atoms with Gasteiger partial charge in [0.25, 0.3) is 5.78 Å². The number of nitrogens with zero attached hydrogens (tertiary/aromatic N) is 5. The van der Waals surface area contributed by atoms with E-state index in [1.807, 2.05) is 0 Å². The second kappa shape index (κ2) is 1.84. The van der Waals surface area contributed by atoms with Crippen molar-refractivity contribution in [1.82, 2.24) is 24.6 Å². The fourth-order valence-electron chi connectivity index (χ4n) is 0.720. The van der Waals surface area contributed by atoms with Gasteiger partial charge in [0.2, 0.25) is 0 Å². The van der Waals surface area contributed by atoms with E-state index >= 15 is 0 Å². The van der Waals surface area contributed by atoms with Gasteiger partial charge in [-0.25, -0.2) is 4.79 Å². The summed E-state index contributed by atoms with van der Waals surface area (Å²) in [5.41, 5.74) is -0.995. The van der Waals surface area contributed by atoms with E-state index in [2.05, 4.69) is 15.2 Å². The third-order valence-corrected chi connectivity index (χ3v) is 1.17. The van der Waals surface area contributed by atoms with Crippen molar-refractivity contribution < 1.29 is 4.48 Å². The van der Waals surface area contributed by atoms with Gasteiger partial charge >= 0.3 is 5.69 Å². The minimum absolute atomic E-state index is 0.0556. The van der Waals surface area contributed by atoms with Crippen LogP contribution in [0.1, 0.15) is 0 Å². The molecule has 11 heavy (non-hydrogen) atoms. The largest absolute Gasteiger partial charge is 0.395 e. The summed E-state index contributed by atoms with van der Waals surface area (Å²) in [5, 5.41) is 6.82. The minimum atomic E-state index is -0.995. The van der Waals surface area contributed by atoms with Crippen molar-refractivity contribution >= 4 is 5.78 Å².